The van der Waals surface area contributed by atoms with Crippen LogP contribution in [0, 0.1) is 5.82 Å². The molecular formula is C22H24ClFN2O3. The topological polar surface area (TPSA) is 49.9 Å². The SMILES string of the molecule is COc1ccccc1C(C)CC(=O)N1CCN(C(=O)c2cc(Cl)ccc2F)CC1. The Hall–Kier alpha value is -2.60. The lowest BCUT2D eigenvalue weighted by molar-refractivity contribution is -0.133. The normalized spacial score (nSPS) is 15.2. The third kappa shape index (κ3) is 4.88. The Morgan fingerprint density at radius 2 is 1.76 bits per heavy atom. The van der Waals surface area contributed by atoms with E-state index in [0.29, 0.717) is 37.6 Å². The van der Waals surface area contributed by atoms with Crippen molar-refractivity contribution in [1.82, 2.24) is 9.80 Å². The summed E-state index contributed by atoms with van der Waals surface area (Å²) < 4.78 is 19.4. The van der Waals surface area contributed by atoms with Gasteiger partial charge < -0.3 is 14.5 Å². The van der Waals surface area contributed by atoms with E-state index in [1.165, 1.54) is 18.2 Å². The Morgan fingerprint density at radius 3 is 2.45 bits per heavy atom. The second-order valence-electron chi connectivity index (χ2n) is 7.14. The molecule has 2 amide bonds. The fourth-order valence-electron chi connectivity index (χ4n) is 3.57. The highest BCUT2D eigenvalue weighted by molar-refractivity contribution is 6.31. The lowest BCUT2D eigenvalue weighted by atomic mass is 9.96. The minimum Gasteiger partial charge on any atom is -0.496 e. The Morgan fingerprint density at radius 1 is 1.10 bits per heavy atom. The Bertz CT molecular complexity index is 897. The first-order valence-electron chi connectivity index (χ1n) is 9.55. The van der Waals surface area contributed by atoms with Gasteiger partial charge in [0.25, 0.3) is 5.91 Å². The van der Waals surface area contributed by atoms with Crippen molar-refractivity contribution < 1.29 is 18.7 Å². The lowest BCUT2D eigenvalue weighted by Crippen LogP contribution is -2.50. The maximum atomic E-state index is 14.0. The molecule has 1 atom stereocenters. The van der Waals surface area contributed by atoms with E-state index in [4.69, 9.17) is 16.3 Å². The number of piperazine rings is 1. The maximum Gasteiger partial charge on any atom is 0.257 e. The van der Waals surface area contributed by atoms with Crippen LogP contribution >= 0.6 is 11.6 Å². The molecule has 2 aromatic rings. The number of hydrogen-bond acceptors (Lipinski definition) is 3. The van der Waals surface area contributed by atoms with Gasteiger partial charge in [0.05, 0.1) is 12.7 Å². The summed E-state index contributed by atoms with van der Waals surface area (Å²) in [5.74, 6) is -0.182. The standard InChI is InChI=1S/C22H24ClFN2O3/c1-15(17-5-3-4-6-20(17)29-2)13-21(27)25-9-11-26(12-10-25)22(28)18-14-16(23)7-8-19(18)24/h3-8,14-15H,9-13H2,1-2H3. The molecule has 1 aliphatic rings. The highest BCUT2D eigenvalue weighted by Crippen LogP contribution is 2.29. The maximum absolute atomic E-state index is 14.0. The number of ether oxygens (including phenoxy) is 1. The number of halogens is 2. The zero-order chi connectivity index (χ0) is 21.0. The summed E-state index contributed by atoms with van der Waals surface area (Å²) in [6, 6.07) is 11.6. The zero-order valence-electron chi connectivity index (χ0n) is 16.5. The Kier molecular flexibility index (Phi) is 6.75. The molecule has 29 heavy (non-hydrogen) atoms. The number of benzene rings is 2. The molecule has 0 spiro atoms. The van der Waals surface area contributed by atoms with Crippen molar-refractivity contribution in [2.45, 2.75) is 19.3 Å². The Labute approximate surface area is 175 Å². The van der Waals surface area contributed by atoms with Gasteiger partial charge >= 0.3 is 0 Å². The number of carbonyl (C=O) groups excluding carboxylic acids is 2. The smallest absolute Gasteiger partial charge is 0.257 e. The van der Waals surface area contributed by atoms with E-state index < -0.39 is 11.7 Å². The van der Waals surface area contributed by atoms with E-state index >= 15 is 0 Å². The average Bonchev–Trinajstić information content (AvgIpc) is 2.74. The van der Waals surface area contributed by atoms with Gasteiger partial charge in [-0.25, -0.2) is 4.39 Å². The molecule has 1 saturated heterocycles. The van der Waals surface area contributed by atoms with Gasteiger partial charge in [0.15, 0.2) is 0 Å². The van der Waals surface area contributed by atoms with Crippen molar-refractivity contribution in [3.63, 3.8) is 0 Å². The first-order valence-corrected chi connectivity index (χ1v) is 9.93. The molecule has 0 radical (unpaired) electrons. The highest BCUT2D eigenvalue weighted by Gasteiger charge is 2.27. The van der Waals surface area contributed by atoms with E-state index in [9.17, 15) is 14.0 Å². The van der Waals surface area contributed by atoms with Crippen LogP contribution in [0.15, 0.2) is 42.5 Å². The molecule has 0 aliphatic carbocycles. The summed E-state index contributed by atoms with van der Waals surface area (Å²) >= 11 is 5.89. The van der Waals surface area contributed by atoms with Crippen LogP contribution in [0.2, 0.25) is 5.02 Å². The van der Waals surface area contributed by atoms with E-state index in [1.54, 1.807) is 16.9 Å². The predicted molar refractivity (Wildman–Crippen MR) is 110 cm³/mol. The molecule has 2 aromatic carbocycles. The quantitative estimate of drug-likeness (QED) is 0.738. The van der Waals surface area contributed by atoms with Crippen molar-refractivity contribution in [3.05, 3.63) is 64.4 Å². The summed E-state index contributed by atoms with van der Waals surface area (Å²) in [6.45, 7) is 3.56. The molecule has 3 rings (SSSR count). The van der Waals surface area contributed by atoms with Gasteiger partial charge in [-0.05, 0) is 35.7 Å². The first kappa shape index (κ1) is 21.1. The van der Waals surface area contributed by atoms with Gasteiger partial charge in [-0.15, -0.1) is 0 Å². The summed E-state index contributed by atoms with van der Waals surface area (Å²) in [5, 5.41) is 0.314. The number of amides is 2. The van der Waals surface area contributed by atoms with E-state index in [1.807, 2.05) is 31.2 Å². The molecule has 0 aromatic heterocycles. The van der Waals surface area contributed by atoms with Crippen LogP contribution in [-0.4, -0.2) is 54.9 Å². The van der Waals surface area contributed by atoms with Gasteiger partial charge in [-0.3, -0.25) is 9.59 Å². The molecule has 7 heteroatoms. The molecule has 1 fully saturated rings. The lowest BCUT2D eigenvalue weighted by Gasteiger charge is -2.35. The molecule has 154 valence electrons. The van der Waals surface area contributed by atoms with Crippen molar-refractivity contribution >= 4 is 23.4 Å². The van der Waals surface area contributed by atoms with Crippen LogP contribution in [0.4, 0.5) is 4.39 Å². The predicted octanol–water partition coefficient (Wildman–Crippen LogP) is 3.97. The third-order valence-corrected chi connectivity index (χ3v) is 5.46. The summed E-state index contributed by atoms with van der Waals surface area (Å²) in [4.78, 5) is 28.6. The van der Waals surface area contributed by atoms with Crippen molar-refractivity contribution in [2.75, 3.05) is 33.3 Å². The van der Waals surface area contributed by atoms with Crippen LogP contribution in [0.5, 0.6) is 5.75 Å². The second-order valence-corrected chi connectivity index (χ2v) is 7.58. The number of methoxy groups -OCH3 is 1. The molecule has 1 unspecified atom stereocenters. The van der Waals surface area contributed by atoms with Crippen molar-refractivity contribution in [3.8, 4) is 5.75 Å². The summed E-state index contributed by atoms with van der Waals surface area (Å²) in [6.07, 6.45) is 0.358. The number of hydrogen-bond donors (Lipinski definition) is 0. The fourth-order valence-corrected chi connectivity index (χ4v) is 3.74. The third-order valence-electron chi connectivity index (χ3n) is 5.23. The summed E-state index contributed by atoms with van der Waals surface area (Å²) in [5.41, 5.74) is 0.954. The van der Waals surface area contributed by atoms with E-state index in [2.05, 4.69) is 0 Å². The van der Waals surface area contributed by atoms with Crippen LogP contribution in [0.25, 0.3) is 0 Å². The Balaban J connectivity index is 1.58. The van der Waals surface area contributed by atoms with E-state index in [0.717, 1.165) is 11.3 Å². The van der Waals surface area contributed by atoms with Gasteiger partial charge in [-0.2, -0.15) is 0 Å². The van der Waals surface area contributed by atoms with E-state index in [-0.39, 0.29) is 17.4 Å². The largest absolute Gasteiger partial charge is 0.496 e. The number of carbonyl (C=O) groups is 2. The molecule has 0 N–H and O–H groups in total. The number of rotatable bonds is 5. The number of para-hydroxylation sites is 1. The van der Waals surface area contributed by atoms with Crippen molar-refractivity contribution in [1.29, 1.82) is 0 Å². The van der Waals surface area contributed by atoms with Crippen LogP contribution < -0.4 is 4.74 Å². The van der Waals surface area contributed by atoms with Crippen molar-refractivity contribution in [2.24, 2.45) is 0 Å². The number of nitrogens with zero attached hydrogens (tertiary/aromatic N) is 2. The average molecular weight is 419 g/mol. The summed E-state index contributed by atoms with van der Waals surface area (Å²) in [7, 11) is 1.62. The monoisotopic (exact) mass is 418 g/mol. The van der Waals surface area contributed by atoms with Gasteiger partial charge in [0.1, 0.15) is 11.6 Å². The minimum atomic E-state index is -0.594. The van der Waals surface area contributed by atoms with Crippen LogP contribution in [-0.2, 0) is 4.79 Å². The van der Waals surface area contributed by atoms with Gasteiger partial charge in [0.2, 0.25) is 5.91 Å². The fraction of sp³-hybridized carbons (Fsp3) is 0.364. The molecule has 5 nitrogen and oxygen atoms in total. The van der Waals surface area contributed by atoms with Gasteiger partial charge in [-0.1, -0.05) is 36.7 Å². The molecule has 1 heterocycles. The highest BCUT2D eigenvalue weighted by atomic mass is 35.5. The molecule has 0 bridgehead atoms. The minimum absolute atomic E-state index is 0.0128. The van der Waals surface area contributed by atoms with Crippen LogP contribution in [0.1, 0.15) is 35.2 Å². The molecule has 1 aliphatic heterocycles. The molecule has 0 saturated carbocycles. The second kappa shape index (κ2) is 9.27. The van der Waals surface area contributed by atoms with Gasteiger partial charge in [0, 0.05) is 37.6 Å². The van der Waals surface area contributed by atoms with Crippen LogP contribution in [0.3, 0.4) is 0 Å². The first-order chi connectivity index (χ1) is 13.9. The zero-order valence-corrected chi connectivity index (χ0v) is 17.3. The molecular weight excluding hydrogens is 395 g/mol.